The maximum atomic E-state index is 12.8. The second-order valence-electron chi connectivity index (χ2n) is 6.79. The van der Waals surface area contributed by atoms with Gasteiger partial charge < -0.3 is 14.6 Å². The Kier molecular flexibility index (Phi) is 7.24. The van der Waals surface area contributed by atoms with Crippen LogP contribution < -0.4 is 10.2 Å². The van der Waals surface area contributed by atoms with E-state index in [4.69, 9.17) is 14.9 Å². The van der Waals surface area contributed by atoms with Crippen LogP contribution in [0.1, 0.15) is 34.6 Å². The summed E-state index contributed by atoms with van der Waals surface area (Å²) in [4.78, 5) is 37.8. The number of benzene rings is 2. The molecule has 3 N–H and O–H groups in total. The highest BCUT2D eigenvalue weighted by Crippen LogP contribution is 2.28. The summed E-state index contributed by atoms with van der Waals surface area (Å²) in [6.45, 7) is 3.91. The molecule has 0 aliphatic carbocycles. The number of amides is 1. The van der Waals surface area contributed by atoms with Gasteiger partial charge in [-0.25, -0.2) is 9.80 Å². The molecule has 3 rings (SSSR count). The maximum absolute atomic E-state index is 12.8. The molecule has 1 heterocycles. The van der Waals surface area contributed by atoms with Crippen LogP contribution in [0.25, 0.3) is 0 Å². The lowest BCUT2D eigenvalue weighted by Crippen LogP contribution is -2.43. The van der Waals surface area contributed by atoms with Gasteiger partial charge in [0.05, 0.1) is 13.2 Å². The number of carbonyl (C=O) groups is 3. The summed E-state index contributed by atoms with van der Waals surface area (Å²) in [5, 5.41) is 19.9. The average Bonchev–Trinajstić information content (AvgIpc) is 3.04. The molecule has 2 aromatic rings. The van der Waals surface area contributed by atoms with Crippen LogP contribution in [0, 0.1) is 5.41 Å². The molecule has 0 fully saturated rings. The smallest absolute Gasteiger partial charge is 0.345 e. The number of nitrogens with one attached hydrogen (secondary N) is 2. The van der Waals surface area contributed by atoms with E-state index in [0.29, 0.717) is 12.4 Å². The van der Waals surface area contributed by atoms with Crippen molar-refractivity contribution < 1.29 is 29.0 Å². The third-order valence-corrected chi connectivity index (χ3v) is 4.63. The molecule has 9 heteroatoms. The Labute approximate surface area is 190 Å². The van der Waals surface area contributed by atoms with Crippen LogP contribution in [0.4, 0.5) is 0 Å². The molecule has 1 aliphatic rings. The second kappa shape index (κ2) is 10.3. The van der Waals surface area contributed by atoms with E-state index in [1.807, 2.05) is 6.92 Å². The first kappa shape index (κ1) is 23.3. The topological polar surface area (TPSA) is 129 Å². The molecule has 0 saturated carbocycles. The highest BCUT2D eigenvalue weighted by atomic mass is 16.5. The predicted molar refractivity (Wildman–Crippen MR) is 120 cm³/mol. The minimum atomic E-state index is -0.948. The molecule has 0 radical (unpaired) electrons. The van der Waals surface area contributed by atoms with Crippen LogP contribution in [-0.2, 0) is 9.53 Å². The summed E-state index contributed by atoms with van der Waals surface area (Å²) in [5.41, 5.74) is 2.33. The van der Waals surface area contributed by atoms with Crippen LogP contribution in [0.3, 0.4) is 0 Å². The van der Waals surface area contributed by atoms with E-state index in [2.05, 4.69) is 5.43 Å². The number of ketones is 1. The average molecular weight is 449 g/mol. The predicted octanol–water partition coefficient (Wildman–Crippen LogP) is 3.16. The van der Waals surface area contributed by atoms with Crippen molar-refractivity contribution in [3.63, 3.8) is 0 Å². The number of hydrogen-bond donors (Lipinski definition) is 3. The van der Waals surface area contributed by atoms with E-state index in [1.54, 1.807) is 61.5 Å². The molecule has 170 valence electrons. The summed E-state index contributed by atoms with van der Waals surface area (Å²) < 4.78 is 10.3. The van der Waals surface area contributed by atoms with Crippen LogP contribution in [0.2, 0.25) is 0 Å². The van der Waals surface area contributed by atoms with Crippen LogP contribution >= 0.6 is 0 Å². The first-order valence-corrected chi connectivity index (χ1v) is 10.2. The maximum Gasteiger partial charge on any atom is 0.345 e. The molecule has 1 aliphatic heterocycles. The van der Waals surface area contributed by atoms with Crippen molar-refractivity contribution in [3.8, 4) is 5.75 Å². The number of hydrogen-bond acceptors (Lipinski definition) is 7. The van der Waals surface area contributed by atoms with Gasteiger partial charge in [-0.2, -0.15) is 0 Å². The monoisotopic (exact) mass is 449 g/mol. The van der Waals surface area contributed by atoms with Crippen molar-refractivity contribution in [2.75, 3.05) is 13.2 Å². The van der Waals surface area contributed by atoms with Gasteiger partial charge in [0, 0.05) is 17.2 Å². The number of aliphatic hydroxyl groups excluding tert-OH is 1. The minimum Gasteiger partial charge on any atom is -0.505 e. The summed E-state index contributed by atoms with van der Waals surface area (Å²) in [6.07, 6.45) is 1.04. The molecule has 0 bridgehead atoms. The quantitative estimate of drug-likeness (QED) is 0.321. The highest BCUT2D eigenvalue weighted by molar-refractivity contribution is 6.22. The number of carbonyl (C=O) groups excluding carboxylic acids is 3. The summed E-state index contributed by atoms with van der Waals surface area (Å²) in [7, 11) is 0. The normalized spacial score (nSPS) is 14.4. The number of nitrogens with zero attached hydrogens (tertiary/aromatic N) is 1. The van der Waals surface area contributed by atoms with Crippen LogP contribution in [0.5, 0.6) is 5.75 Å². The van der Waals surface area contributed by atoms with E-state index >= 15 is 0 Å². The molecule has 9 nitrogen and oxygen atoms in total. The Morgan fingerprint density at radius 2 is 1.67 bits per heavy atom. The zero-order valence-corrected chi connectivity index (χ0v) is 18.1. The van der Waals surface area contributed by atoms with Gasteiger partial charge in [-0.3, -0.25) is 20.4 Å². The number of allylic oxidation sites excluding steroid dienone is 1. The Balaban J connectivity index is 1.96. The fraction of sp³-hybridized carbons (Fsp3) is 0.167. The molecule has 33 heavy (non-hydrogen) atoms. The Bertz CT molecular complexity index is 1140. The number of aliphatic hydroxyl groups is 1. The first-order chi connectivity index (χ1) is 15.9. The number of rotatable bonds is 8. The minimum absolute atomic E-state index is 0.0173. The molecule has 2 aromatic carbocycles. The molecule has 0 saturated heterocycles. The third-order valence-electron chi connectivity index (χ3n) is 4.63. The molecule has 0 spiro atoms. The molecular formula is C24H23N3O6. The van der Waals surface area contributed by atoms with E-state index in [1.165, 1.54) is 0 Å². The van der Waals surface area contributed by atoms with E-state index < -0.39 is 34.8 Å². The lowest BCUT2D eigenvalue weighted by atomic mass is 10.1. The number of hydrazine groups is 1. The van der Waals surface area contributed by atoms with Gasteiger partial charge in [0.25, 0.3) is 5.91 Å². The summed E-state index contributed by atoms with van der Waals surface area (Å²) in [6, 6.07) is 14.5. The molecule has 0 aromatic heterocycles. The van der Waals surface area contributed by atoms with Crippen molar-refractivity contribution in [1.82, 2.24) is 10.4 Å². The van der Waals surface area contributed by atoms with Gasteiger partial charge in [0.15, 0.2) is 17.4 Å². The SMILES string of the molecule is CCOC(=O)C1=C(O)C(=CC(=O)c2ccc(OCC)cc2)N(NC(=O)c2ccccc2)C1=N. The Hall–Kier alpha value is -4.40. The standard InChI is InChI=1S/C24H23N3O6/c1-3-32-17-12-10-15(11-13-17)19(28)14-18-21(29)20(24(31)33-4-2)22(25)27(18)26-23(30)16-8-6-5-7-9-16/h5-14,25,29H,3-4H2,1-2H3,(H,26,30). The van der Waals surface area contributed by atoms with Crippen molar-refractivity contribution >= 4 is 23.5 Å². The zero-order chi connectivity index (χ0) is 24.0. The largest absolute Gasteiger partial charge is 0.505 e. The molecule has 0 atom stereocenters. The molecule has 1 amide bonds. The zero-order valence-electron chi connectivity index (χ0n) is 18.1. The highest BCUT2D eigenvalue weighted by Gasteiger charge is 2.39. The Morgan fingerprint density at radius 1 is 1.00 bits per heavy atom. The fourth-order valence-electron chi connectivity index (χ4n) is 3.07. The lowest BCUT2D eigenvalue weighted by molar-refractivity contribution is -0.138. The van der Waals surface area contributed by atoms with Gasteiger partial charge in [-0.1, -0.05) is 18.2 Å². The van der Waals surface area contributed by atoms with Crippen molar-refractivity contribution in [2.45, 2.75) is 13.8 Å². The van der Waals surface area contributed by atoms with E-state index in [0.717, 1.165) is 11.1 Å². The van der Waals surface area contributed by atoms with Crippen molar-refractivity contribution in [3.05, 3.63) is 88.8 Å². The summed E-state index contributed by atoms with van der Waals surface area (Å²) >= 11 is 0. The van der Waals surface area contributed by atoms with Gasteiger partial charge in [-0.05, 0) is 50.2 Å². The molecular weight excluding hydrogens is 426 g/mol. The third kappa shape index (κ3) is 5.09. The number of esters is 1. The van der Waals surface area contributed by atoms with Gasteiger partial charge in [0.2, 0.25) is 0 Å². The van der Waals surface area contributed by atoms with E-state index in [9.17, 15) is 19.5 Å². The number of amidine groups is 1. The van der Waals surface area contributed by atoms with Gasteiger partial charge in [-0.15, -0.1) is 0 Å². The second-order valence-corrected chi connectivity index (χ2v) is 6.79. The summed E-state index contributed by atoms with van der Waals surface area (Å²) in [5.74, 6) is -2.65. The fourth-order valence-corrected chi connectivity index (χ4v) is 3.07. The van der Waals surface area contributed by atoms with Crippen LogP contribution in [-0.4, -0.2) is 46.8 Å². The van der Waals surface area contributed by atoms with Crippen molar-refractivity contribution in [2.24, 2.45) is 0 Å². The van der Waals surface area contributed by atoms with E-state index in [-0.39, 0.29) is 23.4 Å². The van der Waals surface area contributed by atoms with Gasteiger partial charge in [0.1, 0.15) is 17.0 Å². The molecule has 0 unspecified atom stereocenters. The lowest BCUT2D eigenvalue weighted by Gasteiger charge is -2.21. The van der Waals surface area contributed by atoms with Crippen LogP contribution in [0.15, 0.2) is 77.7 Å². The van der Waals surface area contributed by atoms with Crippen molar-refractivity contribution in [1.29, 1.82) is 5.41 Å². The Morgan fingerprint density at radius 3 is 2.27 bits per heavy atom. The van der Waals surface area contributed by atoms with Gasteiger partial charge >= 0.3 is 5.97 Å². The number of ether oxygens (including phenoxy) is 2. The first-order valence-electron chi connectivity index (χ1n) is 10.2.